The Morgan fingerprint density at radius 3 is 1.94 bits per heavy atom. The van der Waals surface area contributed by atoms with E-state index in [1.54, 1.807) is 12.4 Å². The highest BCUT2D eigenvalue weighted by molar-refractivity contribution is 5.72. The zero-order valence-corrected chi connectivity index (χ0v) is 9.08. The molecule has 17 heavy (non-hydrogen) atoms. The van der Waals surface area contributed by atoms with Crippen LogP contribution in [0.5, 0.6) is 0 Å². The molecule has 0 bridgehead atoms. The van der Waals surface area contributed by atoms with E-state index in [1.807, 2.05) is 36.4 Å². The van der Waals surface area contributed by atoms with Gasteiger partial charge in [-0.2, -0.15) is 0 Å². The largest absolute Gasteiger partial charge is 0.352 e. The molecule has 2 aromatic rings. The Kier molecular flexibility index (Phi) is 3.30. The maximum absolute atomic E-state index is 11.0. The first kappa shape index (κ1) is 11.1. The molecule has 2 heterocycles. The average Bonchev–Trinajstić information content (AvgIpc) is 2.38. The highest BCUT2D eigenvalue weighted by atomic mass is 16.2. The highest BCUT2D eigenvalue weighted by Gasteiger charge is 2.17. The van der Waals surface area contributed by atoms with Crippen LogP contribution in [0.25, 0.3) is 0 Å². The number of aromatic nitrogens is 2. The Morgan fingerprint density at radius 1 is 1.06 bits per heavy atom. The molecule has 0 fully saturated rings. The molecule has 0 aliphatic rings. The third kappa shape index (κ3) is 2.78. The summed E-state index contributed by atoms with van der Waals surface area (Å²) in [6.07, 6.45) is 3.32. The number of pyridine rings is 2. The molecule has 0 aromatic carbocycles. The molecule has 3 N–H and O–H groups in total. The fraction of sp³-hybridized carbons (Fsp3) is 0.0833. The second-order valence-electron chi connectivity index (χ2n) is 3.45. The second kappa shape index (κ2) is 5.07. The van der Waals surface area contributed by atoms with Crippen LogP contribution in [0.1, 0.15) is 17.4 Å². The van der Waals surface area contributed by atoms with Gasteiger partial charge in [-0.05, 0) is 24.3 Å². The van der Waals surface area contributed by atoms with Crippen molar-refractivity contribution in [3.63, 3.8) is 0 Å². The third-order valence-corrected chi connectivity index (χ3v) is 2.25. The van der Waals surface area contributed by atoms with Gasteiger partial charge in [0.05, 0.1) is 11.4 Å². The molecule has 86 valence electrons. The fourth-order valence-corrected chi connectivity index (χ4v) is 1.54. The molecule has 2 rings (SSSR count). The van der Waals surface area contributed by atoms with Crippen LogP contribution in [0, 0.1) is 0 Å². The number of primary amides is 1. The second-order valence-corrected chi connectivity index (χ2v) is 3.45. The molecule has 0 saturated carbocycles. The van der Waals surface area contributed by atoms with E-state index in [1.165, 1.54) is 0 Å². The van der Waals surface area contributed by atoms with Gasteiger partial charge < -0.3 is 11.1 Å². The zero-order chi connectivity index (χ0) is 12.1. The van der Waals surface area contributed by atoms with Gasteiger partial charge in [-0.1, -0.05) is 12.1 Å². The van der Waals surface area contributed by atoms with Crippen molar-refractivity contribution < 1.29 is 4.79 Å². The van der Waals surface area contributed by atoms with Gasteiger partial charge in [0.15, 0.2) is 0 Å². The van der Waals surface area contributed by atoms with Crippen LogP contribution in [0.4, 0.5) is 4.79 Å². The molecular formula is C12H12N4O. The summed E-state index contributed by atoms with van der Waals surface area (Å²) < 4.78 is 0. The van der Waals surface area contributed by atoms with Crippen molar-refractivity contribution in [1.82, 2.24) is 15.3 Å². The van der Waals surface area contributed by atoms with E-state index < -0.39 is 12.1 Å². The molecule has 0 atom stereocenters. The lowest BCUT2D eigenvalue weighted by Crippen LogP contribution is -2.34. The number of amides is 2. The lowest BCUT2D eigenvalue weighted by atomic mass is 10.1. The molecule has 2 aromatic heterocycles. The summed E-state index contributed by atoms with van der Waals surface area (Å²) in [5.41, 5.74) is 6.56. The van der Waals surface area contributed by atoms with Crippen molar-refractivity contribution >= 4 is 6.03 Å². The van der Waals surface area contributed by atoms with Gasteiger partial charge in [-0.25, -0.2) is 4.79 Å². The fourth-order valence-electron chi connectivity index (χ4n) is 1.54. The minimum absolute atomic E-state index is 0.421. The van der Waals surface area contributed by atoms with Crippen molar-refractivity contribution in [2.45, 2.75) is 6.04 Å². The van der Waals surface area contributed by atoms with Crippen molar-refractivity contribution in [3.8, 4) is 0 Å². The van der Waals surface area contributed by atoms with Crippen molar-refractivity contribution in [2.75, 3.05) is 0 Å². The Labute approximate surface area is 98.7 Å². The van der Waals surface area contributed by atoms with Crippen molar-refractivity contribution in [3.05, 3.63) is 60.2 Å². The van der Waals surface area contributed by atoms with Gasteiger partial charge >= 0.3 is 6.03 Å². The number of rotatable bonds is 3. The maximum atomic E-state index is 11.0. The van der Waals surface area contributed by atoms with E-state index in [0.717, 1.165) is 0 Å². The first-order valence-electron chi connectivity index (χ1n) is 5.15. The quantitative estimate of drug-likeness (QED) is 0.829. The molecule has 0 aliphatic carbocycles. The third-order valence-electron chi connectivity index (χ3n) is 2.25. The molecule has 0 radical (unpaired) electrons. The van der Waals surface area contributed by atoms with Crippen LogP contribution in [0.3, 0.4) is 0 Å². The van der Waals surface area contributed by atoms with E-state index in [4.69, 9.17) is 5.73 Å². The summed E-state index contributed by atoms with van der Waals surface area (Å²) >= 11 is 0. The molecule has 0 spiro atoms. The monoisotopic (exact) mass is 228 g/mol. The van der Waals surface area contributed by atoms with Crippen LogP contribution >= 0.6 is 0 Å². The summed E-state index contributed by atoms with van der Waals surface area (Å²) in [7, 11) is 0. The number of nitrogens with zero attached hydrogens (tertiary/aromatic N) is 2. The smallest absolute Gasteiger partial charge is 0.313 e. The number of carbonyl (C=O) groups is 1. The lowest BCUT2D eigenvalue weighted by Gasteiger charge is -2.16. The van der Waals surface area contributed by atoms with Gasteiger partial charge in [0.25, 0.3) is 0 Å². The molecule has 0 saturated heterocycles. The van der Waals surface area contributed by atoms with E-state index in [9.17, 15) is 4.79 Å². The van der Waals surface area contributed by atoms with Crippen LogP contribution in [-0.4, -0.2) is 16.0 Å². The summed E-state index contributed by atoms with van der Waals surface area (Å²) in [6, 6.07) is 9.92. The van der Waals surface area contributed by atoms with Gasteiger partial charge in [0.1, 0.15) is 6.04 Å². The van der Waals surface area contributed by atoms with E-state index >= 15 is 0 Å². The number of hydrogen-bond acceptors (Lipinski definition) is 3. The Morgan fingerprint density at radius 2 is 1.59 bits per heavy atom. The van der Waals surface area contributed by atoms with Crippen LogP contribution in [-0.2, 0) is 0 Å². The lowest BCUT2D eigenvalue weighted by molar-refractivity contribution is 0.246. The van der Waals surface area contributed by atoms with E-state index in [2.05, 4.69) is 15.3 Å². The maximum Gasteiger partial charge on any atom is 0.313 e. The van der Waals surface area contributed by atoms with Crippen LogP contribution in [0.15, 0.2) is 48.8 Å². The summed E-state index contributed by atoms with van der Waals surface area (Å²) in [6.45, 7) is 0. The minimum Gasteiger partial charge on any atom is -0.352 e. The van der Waals surface area contributed by atoms with Crippen molar-refractivity contribution in [2.24, 2.45) is 5.73 Å². The molecule has 0 unspecified atom stereocenters. The van der Waals surface area contributed by atoms with E-state index in [-0.39, 0.29) is 0 Å². The number of hydrogen-bond donors (Lipinski definition) is 2. The van der Waals surface area contributed by atoms with Crippen LogP contribution in [0.2, 0.25) is 0 Å². The minimum atomic E-state index is -0.605. The topological polar surface area (TPSA) is 80.9 Å². The van der Waals surface area contributed by atoms with Gasteiger partial charge in [-0.15, -0.1) is 0 Å². The predicted octanol–water partition coefficient (Wildman–Crippen LogP) is 1.23. The SMILES string of the molecule is NC(=O)NC(c1ccccn1)c1ccccn1. The average molecular weight is 228 g/mol. The molecule has 2 amide bonds. The number of nitrogens with two attached hydrogens (primary N) is 1. The van der Waals surface area contributed by atoms with Gasteiger partial charge in [0, 0.05) is 12.4 Å². The standard InChI is InChI=1S/C12H12N4O/c13-12(17)16-11(9-5-1-3-7-14-9)10-6-2-4-8-15-10/h1-8,11H,(H3,13,16,17). The molecular weight excluding hydrogens is 216 g/mol. The van der Waals surface area contributed by atoms with Gasteiger partial charge in [0.2, 0.25) is 0 Å². The summed E-state index contributed by atoms with van der Waals surface area (Å²) in [5, 5.41) is 2.63. The first-order chi connectivity index (χ1) is 8.27. The first-order valence-corrected chi connectivity index (χ1v) is 5.15. The highest BCUT2D eigenvalue weighted by Crippen LogP contribution is 2.17. The number of carbonyl (C=O) groups excluding carboxylic acids is 1. The number of urea groups is 1. The molecule has 5 nitrogen and oxygen atoms in total. The number of nitrogens with one attached hydrogen (secondary N) is 1. The van der Waals surface area contributed by atoms with Gasteiger partial charge in [-0.3, -0.25) is 9.97 Å². The summed E-state index contributed by atoms with van der Waals surface area (Å²) in [5.74, 6) is 0. The molecule has 5 heteroatoms. The van der Waals surface area contributed by atoms with E-state index in [0.29, 0.717) is 11.4 Å². The zero-order valence-electron chi connectivity index (χ0n) is 9.08. The Hall–Kier alpha value is -2.43. The van der Waals surface area contributed by atoms with Crippen LogP contribution < -0.4 is 11.1 Å². The normalized spacial score (nSPS) is 10.2. The predicted molar refractivity (Wildman–Crippen MR) is 63.0 cm³/mol. The van der Waals surface area contributed by atoms with Crippen molar-refractivity contribution in [1.29, 1.82) is 0 Å². The summed E-state index contributed by atoms with van der Waals surface area (Å²) in [4.78, 5) is 19.4. The Balaban J connectivity index is 2.36. The molecule has 0 aliphatic heterocycles. The Bertz CT molecular complexity index is 447.